The highest BCUT2D eigenvalue weighted by atomic mass is 127. The second-order valence-corrected chi connectivity index (χ2v) is 9.96. The minimum Gasteiger partial charge on any atom is -0.347 e. The first-order valence-corrected chi connectivity index (χ1v) is 10.2. The van der Waals surface area contributed by atoms with E-state index in [0.717, 1.165) is 24.1 Å². The fraction of sp³-hybridized carbons (Fsp3) is 0.214. The summed E-state index contributed by atoms with van der Waals surface area (Å²) >= 11 is 9.06. The van der Waals surface area contributed by atoms with Crippen LogP contribution in [-0.2, 0) is 16.6 Å². The third-order valence-corrected chi connectivity index (χ3v) is 7.47. The Bertz CT molecular complexity index is 834. The van der Waals surface area contributed by atoms with Gasteiger partial charge >= 0.3 is 0 Å². The van der Waals surface area contributed by atoms with Crippen molar-refractivity contribution in [1.29, 1.82) is 0 Å². The lowest BCUT2D eigenvalue weighted by Crippen LogP contribution is -2.23. The van der Waals surface area contributed by atoms with Crippen molar-refractivity contribution < 1.29 is 13.2 Å². The monoisotopic (exact) mass is 484 g/mol. The standard InChI is InChI=1S/C14H14ClIN2O3S2/c1-18(2)23(20,21)13-6-4-10(22-13)8-17-14(19)11-5-3-9(15)7-12(11)16/h3-7H,8H2,1-2H3,(H,17,19). The van der Waals surface area contributed by atoms with Crippen molar-refractivity contribution in [3.8, 4) is 0 Å². The maximum absolute atomic E-state index is 12.2. The lowest BCUT2D eigenvalue weighted by atomic mass is 10.2. The van der Waals surface area contributed by atoms with Gasteiger partial charge in [0.05, 0.1) is 12.1 Å². The van der Waals surface area contributed by atoms with Gasteiger partial charge in [0.2, 0.25) is 0 Å². The number of rotatable bonds is 5. The molecule has 0 radical (unpaired) electrons. The number of amides is 1. The van der Waals surface area contributed by atoms with E-state index in [-0.39, 0.29) is 16.7 Å². The Balaban J connectivity index is 2.07. The summed E-state index contributed by atoms with van der Waals surface area (Å²) < 4.78 is 26.2. The van der Waals surface area contributed by atoms with Crippen molar-refractivity contribution in [2.45, 2.75) is 10.8 Å². The number of carbonyl (C=O) groups is 1. The first-order chi connectivity index (χ1) is 10.7. The third-order valence-electron chi connectivity index (χ3n) is 2.97. The third kappa shape index (κ3) is 4.44. The predicted octanol–water partition coefficient (Wildman–Crippen LogP) is 3.19. The van der Waals surface area contributed by atoms with Crippen LogP contribution < -0.4 is 5.32 Å². The molecule has 0 saturated carbocycles. The largest absolute Gasteiger partial charge is 0.347 e. The van der Waals surface area contributed by atoms with E-state index in [1.807, 2.05) is 22.6 Å². The Morgan fingerprint density at radius 2 is 2.00 bits per heavy atom. The van der Waals surface area contributed by atoms with Gasteiger partial charge < -0.3 is 5.32 Å². The van der Waals surface area contributed by atoms with E-state index in [2.05, 4.69) is 5.32 Å². The second kappa shape index (κ2) is 7.47. The number of nitrogens with one attached hydrogen (secondary N) is 1. The van der Waals surface area contributed by atoms with Crippen LogP contribution in [0, 0.1) is 3.57 Å². The van der Waals surface area contributed by atoms with Crippen molar-refractivity contribution in [2.24, 2.45) is 0 Å². The van der Waals surface area contributed by atoms with Crippen molar-refractivity contribution in [1.82, 2.24) is 9.62 Å². The molecule has 0 aliphatic carbocycles. The molecule has 1 amide bonds. The molecule has 9 heteroatoms. The van der Waals surface area contributed by atoms with Crippen LogP contribution in [0.25, 0.3) is 0 Å². The zero-order valence-electron chi connectivity index (χ0n) is 12.3. The predicted molar refractivity (Wildman–Crippen MR) is 101 cm³/mol. The fourth-order valence-electron chi connectivity index (χ4n) is 1.71. The Kier molecular flexibility index (Phi) is 6.06. The molecule has 0 atom stereocenters. The topological polar surface area (TPSA) is 66.5 Å². The van der Waals surface area contributed by atoms with Crippen molar-refractivity contribution in [3.05, 3.63) is 49.4 Å². The minimum absolute atomic E-state index is 0.225. The van der Waals surface area contributed by atoms with Crippen molar-refractivity contribution in [3.63, 3.8) is 0 Å². The lowest BCUT2D eigenvalue weighted by molar-refractivity contribution is 0.0950. The summed E-state index contributed by atoms with van der Waals surface area (Å²) in [7, 11) is -0.465. The summed E-state index contributed by atoms with van der Waals surface area (Å²) in [5.74, 6) is -0.225. The average molecular weight is 485 g/mol. The smallest absolute Gasteiger partial charge is 0.252 e. The SMILES string of the molecule is CN(C)S(=O)(=O)c1ccc(CNC(=O)c2ccc(Cl)cc2I)s1. The molecule has 1 aromatic carbocycles. The summed E-state index contributed by atoms with van der Waals surface area (Å²) in [6.45, 7) is 0.269. The highest BCUT2D eigenvalue weighted by molar-refractivity contribution is 14.1. The van der Waals surface area contributed by atoms with Crippen LogP contribution in [0.15, 0.2) is 34.5 Å². The molecule has 0 spiro atoms. The molecule has 0 saturated heterocycles. The van der Waals surface area contributed by atoms with E-state index >= 15 is 0 Å². The van der Waals surface area contributed by atoms with Crippen LogP contribution >= 0.6 is 45.5 Å². The molecule has 2 rings (SSSR count). The summed E-state index contributed by atoms with van der Waals surface area (Å²) in [6.07, 6.45) is 0. The molecule has 2 aromatic rings. The first-order valence-electron chi connectivity index (χ1n) is 6.46. The first kappa shape index (κ1) is 18.7. The summed E-state index contributed by atoms with van der Waals surface area (Å²) in [4.78, 5) is 12.9. The van der Waals surface area contributed by atoms with Crippen LogP contribution in [0.3, 0.4) is 0 Å². The van der Waals surface area contributed by atoms with E-state index in [0.29, 0.717) is 10.6 Å². The van der Waals surface area contributed by atoms with Gasteiger partial charge in [0, 0.05) is 27.6 Å². The van der Waals surface area contributed by atoms with Gasteiger partial charge in [-0.1, -0.05) is 11.6 Å². The van der Waals surface area contributed by atoms with E-state index in [1.165, 1.54) is 14.1 Å². The zero-order chi connectivity index (χ0) is 17.2. The maximum atomic E-state index is 12.2. The fourth-order valence-corrected chi connectivity index (χ4v) is 5.29. The average Bonchev–Trinajstić information content (AvgIpc) is 2.94. The lowest BCUT2D eigenvalue weighted by Gasteiger charge is -2.08. The van der Waals surface area contributed by atoms with Gasteiger partial charge in [-0.3, -0.25) is 4.79 Å². The maximum Gasteiger partial charge on any atom is 0.252 e. The molecule has 124 valence electrons. The number of sulfonamides is 1. The molecular weight excluding hydrogens is 471 g/mol. The van der Waals surface area contributed by atoms with E-state index in [9.17, 15) is 13.2 Å². The Hall–Kier alpha value is -0.680. The second-order valence-electron chi connectivity index (χ2n) is 4.82. The number of hydrogen-bond donors (Lipinski definition) is 1. The summed E-state index contributed by atoms with van der Waals surface area (Å²) in [5, 5.41) is 3.36. The molecule has 1 N–H and O–H groups in total. The molecule has 0 fully saturated rings. The van der Waals surface area contributed by atoms with E-state index in [4.69, 9.17) is 11.6 Å². The Morgan fingerprint density at radius 1 is 1.30 bits per heavy atom. The molecular formula is C14H14ClIN2O3S2. The van der Waals surface area contributed by atoms with Crippen LogP contribution in [0.4, 0.5) is 0 Å². The van der Waals surface area contributed by atoms with Gasteiger partial charge in [-0.25, -0.2) is 12.7 Å². The van der Waals surface area contributed by atoms with Crippen LogP contribution in [0.2, 0.25) is 5.02 Å². The zero-order valence-corrected chi connectivity index (χ0v) is 16.9. The van der Waals surface area contributed by atoms with Gasteiger partial charge in [-0.15, -0.1) is 11.3 Å². The number of benzene rings is 1. The van der Waals surface area contributed by atoms with E-state index < -0.39 is 10.0 Å². The van der Waals surface area contributed by atoms with Gasteiger partial charge in [0.1, 0.15) is 4.21 Å². The molecule has 1 heterocycles. The number of carbonyl (C=O) groups excluding carboxylic acids is 1. The Morgan fingerprint density at radius 3 is 2.61 bits per heavy atom. The summed E-state index contributed by atoms with van der Waals surface area (Å²) in [6, 6.07) is 8.28. The molecule has 23 heavy (non-hydrogen) atoms. The quantitative estimate of drug-likeness (QED) is 0.663. The number of nitrogens with zero attached hydrogens (tertiary/aromatic N) is 1. The van der Waals surface area contributed by atoms with Gasteiger partial charge in [0.25, 0.3) is 15.9 Å². The van der Waals surface area contributed by atoms with Crippen LogP contribution in [0.1, 0.15) is 15.2 Å². The van der Waals surface area contributed by atoms with Crippen LogP contribution in [-0.4, -0.2) is 32.7 Å². The van der Waals surface area contributed by atoms with Gasteiger partial charge in [-0.2, -0.15) is 0 Å². The molecule has 1 aromatic heterocycles. The molecule has 0 bridgehead atoms. The molecule has 0 aliphatic rings. The highest BCUT2D eigenvalue weighted by Crippen LogP contribution is 2.24. The molecule has 0 aliphatic heterocycles. The minimum atomic E-state index is -3.43. The van der Waals surface area contributed by atoms with E-state index in [1.54, 1.807) is 30.3 Å². The number of thiophene rings is 1. The normalized spacial score (nSPS) is 11.7. The number of hydrogen-bond acceptors (Lipinski definition) is 4. The van der Waals surface area contributed by atoms with Crippen molar-refractivity contribution >= 4 is 61.5 Å². The van der Waals surface area contributed by atoms with Crippen LogP contribution in [0.5, 0.6) is 0 Å². The molecule has 0 unspecified atom stereocenters. The van der Waals surface area contributed by atoms with Gasteiger partial charge in [0.15, 0.2) is 0 Å². The van der Waals surface area contributed by atoms with Crippen molar-refractivity contribution in [2.75, 3.05) is 14.1 Å². The van der Waals surface area contributed by atoms with Gasteiger partial charge in [-0.05, 0) is 52.9 Å². The summed E-state index contributed by atoms with van der Waals surface area (Å²) in [5.41, 5.74) is 0.535. The Labute approximate surface area is 157 Å². The highest BCUT2D eigenvalue weighted by Gasteiger charge is 2.19. The molecule has 5 nitrogen and oxygen atoms in total. The number of halogens is 2.